The lowest BCUT2D eigenvalue weighted by molar-refractivity contribution is 0.815. The molecule has 0 aliphatic rings. The summed E-state index contributed by atoms with van der Waals surface area (Å²) in [5.41, 5.74) is 7.84. The van der Waals surface area contributed by atoms with E-state index in [1.165, 1.54) is 5.69 Å². The number of thiazole rings is 1. The third-order valence-corrected chi connectivity index (χ3v) is 3.47. The summed E-state index contributed by atoms with van der Waals surface area (Å²) in [4.78, 5) is 6.77. The fourth-order valence-corrected chi connectivity index (χ4v) is 2.51. The Balaban J connectivity index is 2.25. The quantitative estimate of drug-likeness (QED) is 0.883. The van der Waals surface area contributed by atoms with Gasteiger partial charge in [-0.15, -0.1) is 11.3 Å². The second-order valence-corrected chi connectivity index (χ2v) is 4.74. The van der Waals surface area contributed by atoms with E-state index in [4.69, 9.17) is 5.73 Å². The van der Waals surface area contributed by atoms with E-state index in [9.17, 15) is 0 Å². The highest BCUT2D eigenvalue weighted by Crippen LogP contribution is 2.28. The van der Waals surface area contributed by atoms with Crippen LogP contribution in [0, 0.1) is 6.92 Å². The van der Waals surface area contributed by atoms with Crippen LogP contribution in [0.4, 0.5) is 10.8 Å². The predicted molar refractivity (Wildman–Crippen MR) is 74.0 cm³/mol. The van der Waals surface area contributed by atoms with Crippen molar-refractivity contribution in [3.8, 4) is 0 Å². The van der Waals surface area contributed by atoms with Crippen LogP contribution in [0.25, 0.3) is 0 Å². The maximum absolute atomic E-state index is 5.59. The summed E-state index contributed by atoms with van der Waals surface area (Å²) in [5, 5.41) is 3.12. The summed E-state index contributed by atoms with van der Waals surface area (Å²) in [5.74, 6) is 0. The topological polar surface area (TPSA) is 42.1 Å². The first-order chi connectivity index (χ1) is 8.31. The van der Waals surface area contributed by atoms with Crippen molar-refractivity contribution in [2.24, 2.45) is 5.73 Å². The second-order valence-electron chi connectivity index (χ2n) is 3.90. The molecule has 0 atom stereocenters. The van der Waals surface area contributed by atoms with E-state index in [1.54, 1.807) is 11.3 Å². The maximum atomic E-state index is 5.59. The van der Waals surface area contributed by atoms with Crippen LogP contribution in [0.5, 0.6) is 0 Å². The molecule has 2 N–H and O–H groups in total. The van der Waals surface area contributed by atoms with Crippen molar-refractivity contribution < 1.29 is 0 Å². The van der Waals surface area contributed by atoms with Gasteiger partial charge in [0.25, 0.3) is 0 Å². The summed E-state index contributed by atoms with van der Waals surface area (Å²) in [6.07, 6.45) is 0.966. The molecule has 0 saturated carbocycles. The number of para-hydroxylation sites is 1. The SMILES string of the molecule is Cc1csc(N(CCCN)c2ccccc2)n1. The number of nitrogens with zero attached hydrogens (tertiary/aromatic N) is 2. The van der Waals surface area contributed by atoms with Gasteiger partial charge in [0.1, 0.15) is 0 Å². The molecule has 4 heteroatoms. The van der Waals surface area contributed by atoms with Gasteiger partial charge in [-0.1, -0.05) is 18.2 Å². The smallest absolute Gasteiger partial charge is 0.190 e. The van der Waals surface area contributed by atoms with Crippen LogP contribution in [-0.4, -0.2) is 18.1 Å². The molecule has 3 nitrogen and oxygen atoms in total. The molecule has 0 aliphatic carbocycles. The molecule has 0 aliphatic heterocycles. The molecule has 0 bridgehead atoms. The van der Waals surface area contributed by atoms with Crippen LogP contribution in [0.15, 0.2) is 35.7 Å². The lowest BCUT2D eigenvalue weighted by Crippen LogP contribution is -2.20. The molecule has 0 amide bonds. The second kappa shape index (κ2) is 5.80. The third-order valence-electron chi connectivity index (χ3n) is 2.49. The number of hydrogen-bond donors (Lipinski definition) is 1. The molecule has 0 saturated heterocycles. The average molecular weight is 247 g/mol. The molecule has 2 aromatic rings. The maximum Gasteiger partial charge on any atom is 0.190 e. The summed E-state index contributed by atoms with van der Waals surface area (Å²) in [6, 6.07) is 10.3. The number of hydrogen-bond acceptors (Lipinski definition) is 4. The van der Waals surface area contributed by atoms with E-state index < -0.39 is 0 Å². The highest BCUT2D eigenvalue weighted by Gasteiger charge is 2.11. The molecular formula is C13H17N3S. The van der Waals surface area contributed by atoms with Gasteiger partial charge in [0.05, 0.1) is 5.69 Å². The minimum absolute atomic E-state index is 0.702. The molecule has 2 rings (SSSR count). The fraction of sp³-hybridized carbons (Fsp3) is 0.308. The molecule has 1 aromatic carbocycles. The van der Waals surface area contributed by atoms with Crippen LogP contribution in [-0.2, 0) is 0 Å². The Bertz CT molecular complexity index is 453. The Kier molecular flexibility index (Phi) is 4.12. The molecule has 0 fully saturated rings. The van der Waals surface area contributed by atoms with Crippen molar-refractivity contribution in [3.05, 3.63) is 41.4 Å². The number of aryl methyl sites for hydroxylation is 1. The lowest BCUT2D eigenvalue weighted by Gasteiger charge is -2.21. The van der Waals surface area contributed by atoms with Crippen LogP contribution in [0.1, 0.15) is 12.1 Å². The summed E-state index contributed by atoms with van der Waals surface area (Å²) in [7, 11) is 0. The minimum Gasteiger partial charge on any atom is -0.330 e. The summed E-state index contributed by atoms with van der Waals surface area (Å²) in [6.45, 7) is 3.63. The summed E-state index contributed by atoms with van der Waals surface area (Å²) >= 11 is 1.68. The number of aromatic nitrogens is 1. The monoisotopic (exact) mass is 247 g/mol. The Morgan fingerprint density at radius 1 is 1.29 bits per heavy atom. The molecule has 1 heterocycles. The minimum atomic E-state index is 0.702. The van der Waals surface area contributed by atoms with E-state index >= 15 is 0 Å². The van der Waals surface area contributed by atoms with Crippen molar-refractivity contribution >= 4 is 22.2 Å². The predicted octanol–water partition coefficient (Wildman–Crippen LogP) is 2.94. The Morgan fingerprint density at radius 3 is 2.65 bits per heavy atom. The van der Waals surface area contributed by atoms with Crippen molar-refractivity contribution in [1.82, 2.24) is 4.98 Å². The van der Waals surface area contributed by atoms with E-state index in [2.05, 4.69) is 27.4 Å². The Labute approximate surface area is 106 Å². The zero-order valence-corrected chi connectivity index (χ0v) is 10.8. The fourth-order valence-electron chi connectivity index (χ4n) is 1.66. The van der Waals surface area contributed by atoms with Gasteiger partial charge in [-0.3, -0.25) is 0 Å². The number of anilines is 2. The number of benzene rings is 1. The van der Waals surface area contributed by atoms with Gasteiger partial charge >= 0.3 is 0 Å². The molecule has 90 valence electrons. The first-order valence-electron chi connectivity index (χ1n) is 5.76. The lowest BCUT2D eigenvalue weighted by atomic mass is 10.3. The van der Waals surface area contributed by atoms with Gasteiger partial charge in [0, 0.05) is 17.6 Å². The van der Waals surface area contributed by atoms with Gasteiger partial charge in [-0.2, -0.15) is 0 Å². The molecular weight excluding hydrogens is 230 g/mol. The molecule has 0 unspecified atom stereocenters. The van der Waals surface area contributed by atoms with Crippen molar-refractivity contribution in [1.29, 1.82) is 0 Å². The zero-order chi connectivity index (χ0) is 12.1. The van der Waals surface area contributed by atoms with Crippen LogP contribution in [0.3, 0.4) is 0 Å². The first-order valence-corrected chi connectivity index (χ1v) is 6.64. The van der Waals surface area contributed by atoms with E-state index in [0.29, 0.717) is 6.54 Å². The standard InChI is InChI=1S/C13H17N3S/c1-11-10-17-13(15-11)16(9-5-8-14)12-6-3-2-4-7-12/h2-4,6-7,10H,5,8-9,14H2,1H3. The van der Waals surface area contributed by atoms with Crippen LogP contribution < -0.4 is 10.6 Å². The van der Waals surface area contributed by atoms with Crippen molar-refractivity contribution in [3.63, 3.8) is 0 Å². The largest absolute Gasteiger partial charge is 0.330 e. The highest BCUT2D eigenvalue weighted by molar-refractivity contribution is 7.13. The molecule has 17 heavy (non-hydrogen) atoms. The van der Waals surface area contributed by atoms with Gasteiger partial charge in [0.2, 0.25) is 0 Å². The van der Waals surface area contributed by atoms with E-state index in [-0.39, 0.29) is 0 Å². The summed E-state index contributed by atoms with van der Waals surface area (Å²) < 4.78 is 0. The molecule has 0 spiro atoms. The normalized spacial score (nSPS) is 10.5. The molecule has 1 aromatic heterocycles. The van der Waals surface area contributed by atoms with Crippen LogP contribution >= 0.6 is 11.3 Å². The van der Waals surface area contributed by atoms with Gasteiger partial charge in [-0.05, 0) is 32.0 Å². The van der Waals surface area contributed by atoms with Crippen molar-refractivity contribution in [2.45, 2.75) is 13.3 Å². The van der Waals surface area contributed by atoms with Crippen LogP contribution in [0.2, 0.25) is 0 Å². The molecule has 0 radical (unpaired) electrons. The highest BCUT2D eigenvalue weighted by atomic mass is 32.1. The Morgan fingerprint density at radius 2 is 2.06 bits per heavy atom. The first kappa shape index (κ1) is 12.1. The van der Waals surface area contributed by atoms with Crippen molar-refractivity contribution in [2.75, 3.05) is 18.0 Å². The third kappa shape index (κ3) is 3.05. The average Bonchev–Trinajstić information content (AvgIpc) is 2.78. The van der Waals surface area contributed by atoms with E-state index in [1.807, 2.05) is 25.1 Å². The van der Waals surface area contributed by atoms with Gasteiger partial charge in [-0.25, -0.2) is 4.98 Å². The number of nitrogens with two attached hydrogens (primary N) is 1. The number of rotatable bonds is 5. The zero-order valence-electron chi connectivity index (χ0n) is 9.97. The van der Waals surface area contributed by atoms with E-state index in [0.717, 1.165) is 23.8 Å². The van der Waals surface area contributed by atoms with Gasteiger partial charge in [0.15, 0.2) is 5.13 Å². The van der Waals surface area contributed by atoms with Gasteiger partial charge < -0.3 is 10.6 Å². The Hall–Kier alpha value is -1.39.